The Kier molecular flexibility index (Phi) is 20.1. The van der Waals surface area contributed by atoms with Gasteiger partial charge in [0.25, 0.3) is 0 Å². The van der Waals surface area contributed by atoms with E-state index in [0.29, 0.717) is 79.3 Å². The Hall–Kier alpha value is -8.52. The van der Waals surface area contributed by atoms with E-state index in [4.69, 9.17) is 37.9 Å². The van der Waals surface area contributed by atoms with Gasteiger partial charge in [-0.1, -0.05) is 163 Å². The van der Waals surface area contributed by atoms with Crippen molar-refractivity contribution in [1.29, 1.82) is 0 Å². The number of ether oxygens (including phenoxy) is 8. The summed E-state index contributed by atoms with van der Waals surface area (Å²) in [4.78, 5) is 2.50. The van der Waals surface area contributed by atoms with Crippen LogP contribution in [0.4, 0.5) is 17.1 Å². The van der Waals surface area contributed by atoms with E-state index in [-0.39, 0.29) is 0 Å². The number of aromatic nitrogens is 1. The van der Waals surface area contributed by atoms with Gasteiger partial charge in [0.1, 0.15) is 0 Å². The van der Waals surface area contributed by atoms with Crippen molar-refractivity contribution < 1.29 is 37.9 Å². The number of nitrogens with zero attached hydrogens (tertiary/aromatic N) is 2. The first-order valence-electron chi connectivity index (χ1n) is 33.3. The Bertz CT molecular complexity index is 4240. The highest BCUT2D eigenvalue weighted by Gasteiger charge is 2.45. The van der Waals surface area contributed by atoms with Gasteiger partial charge in [-0.15, -0.1) is 0 Å². The lowest BCUT2D eigenvalue weighted by Crippen LogP contribution is -2.30. The van der Waals surface area contributed by atoms with E-state index in [1.54, 1.807) is 28.4 Å². The third-order valence-electron chi connectivity index (χ3n) is 19.5. The van der Waals surface area contributed by atoms with Crippen molar-refractivity contribution in [2.75, 3.05) is 113 Å². The van der Waals surface area contributed by atoms with Gasteiger partial charge < -0.3 is 47.4 Å². The fraction of sp³-hybridized carbons (Fsp3) is 0.286. The number of anilines is 3. The molecule has 0 bridgehead atoms. The zero-order valence-electron chi connectivity index (χ0n) is 55.3. The molecule has 2 aliphatic rings. The molecular weight excluding hydrogens is 1160 g/mol. The monoisotopic (exact) mass is 1250 g/mol. The second-order valence-electron chi connectivity index (χ2n) is 25.1. The average molecular weight is 1250 g/mol. The second-order valence-corrected chi connectivity index (χ2v) is 25.1. The van der Waals surface area contributed by atoms with Crippen LogP contribution >= 0.6 is 0 Å². The average Bonchev–Trinajstić information content (AvgIpc) is 1.56. The highest BCUT2D eigenvalue weighted by Crippen LogP contribution is 2.58. The largest absolute Gasteiger partial charge is 0.382 e. The maximum absolute atomic E-state index is 6.43. The Morgan fingerprint density at radius 3 is 1.23 bits per heavy atom. The number of hydrogen-bond acceptors (Lipinski definition) is 9. The van der Waals surface area contributed by atoms with Gasteiger partial charge in [0.05, 0.1) is 63.9 Å². The van der Waals surface area contributed by atoms with Crippen molar-refractivity contribution in [3.8, 4) is 61.3 Å². The summed E-state index contributed by atoms with van der Waals surface area (Å²) >= 11 is 0. The lowest BCUT2D eigenvalue weighted by Gasteiger charge is -2.35. The maximum atomic E-state index is 6.43. The van der Waals surface area contributed by atoms with E-state index in [2.05, 4.69) is 242 Å². The van der Waals surface area contributed by atoms with Crippen LogP contribution in [0.25, 0.3) is 83.1 Å². The molecule has 0 fully saturated rings. The van der Waals surface area contributed by atoms with Crippen molar-refractivity contribution >= 4 is 38.9 Å². The summed E-state index contributed by atoms with van der Waals surface area (Å²) in [5.41, 5.74) is 25.1. The lowest BCUT2D eigenvalue weighted by atomic mass is 9.72. The predicted octanol–water partition coefficient (Wildman–Crippen LogP) is 18.6. The molecular formula is C84H86N2O8. The number of hydrogen-bond donors (Lipinski definition) is 0. The molecule has 0 atom stereocenters. The van der Waals surface area contributed by atoms with Gasteiger partial charge in [-0.2, -0.15) is 0 Å². The quantitative estimate of drug-likeness (QED) is 0.0395. The minimum atomic E-state index is -0.442. The summed E-state index contributed by atoms with van der Waals surface area (Å²) in [7, 11) is 6.90. The second kappa shape index (κ2) is 29.4. The van der Waals surface area contributed by atoms with Crippen molar-refractivity contribution in [2.45, 2.75) is 50.4 Å². The van der Waals surface area contributed by atoms with Crippen LogP contribution in [0.3, 0.4) is 0 Å². The highest BCUT2D eigenvalue weighted by atomic mass is 16.5. The lowest BCUT2D eigenvalue weighted by molar-refractivity contribution is 0.0490. The van der Waals surface area contributed by atoms with Gasteiger partial charge >= 0.3 is 0 Å². The maximum Gasteiger partial charge on any atom is 0.0700 e. The molecule has 13 rings (SSSR count). The molecule has 0 saturated carbocycles. The molecule has 10 nitrogen and oxygen atoms in total. The zero-order chi connectivity index (χ0) is 64.4. The SMILES string of the molecule is COCCOCCC1(CCOCCOC)c2cc(C)ccc2-c2ccc(N(c3ccc(-c4ccc5c(c4)c4ccccc4n5-c4cccc(-c5ccccc5)c4)c(-c4ccccc4)c3)c3ccc4c(c3)C(CCOCCOC)(CCOCCOC)c3cc(C)ccc3-4)cc21. The smallest absolute Gasteiger partial charge is 0.0700 e. The number of methoxy groups -OCH3 is 4. The summed E-state index contributed by atoms with van der Waals surface area (Å²) in [5, 5.41) is 2.40. The number of para-hydroxylation sites is 1. The van der Waals surface area contributed by atoms with Gasteiger partial charge in [0.15, 0.2) is 0 Å². The summed E-state index contributed by atoms with van der Waals surface area (Å²) in [6, 6.07) is 81.7. The van der Waals surface area contributed by atoms with E-state index in [9.17, 15) is 0 Å². The molecule has 10 aromatic carbocycles. The molecule has 2 aliphatic carbocycles. The first kappa shape index (κ1) is 64.2. The molecule has 0 amide bonds. The van der Waals surface area contributed by atoms with Crippen LogP contribution in [-0.2, 0) is 48.7 Å². The van der Waals surface area contributed by atoms with E-state index in [1.807, 2.05) is 0 Å². The van der Waals surface area contributed by atoms with Gasteiger partial charge in [0.2, 0.25) is 0 Å². The van der Waals surface area contributed by atoms with Crippen LogP contribution in [-0.4, -0.2) is 112 Å². The van der Waals surface area contributed by atoms with Crippen LogP contribution in [0.1, 0.15) is 59.1 Å². The molecule has 1 aromatic heterocycles. The summed E-state index contributed by atoms with van der Waals surface area (Å²) in [6.07, 6.45) is 3.02. The van der Waals surface area contributed by atoms with E-state index in [0.717, 1.165) is 81.7 Å². The fourth-order valence-electron chi connectivity index (χ4n) is 14.9. The molecule has 0 radical (unpaired) electrons. The molecule has 0 spiro atoms. The van der Waals surface area contributed by atoms with E-state index >= 15 is 0 Å². The van der Waals surface area contributed by atoms with Crippen LogP contribution in [0.2, 0.25) is 0 Å². The van der Waals surface area contributed by atoms with E-state index in [1.165, 1.54) is 77.5 Å². The Morgan fingerprint density at radius 2 is 0.723 bits per heavy atom. The summed E-state index contributed by atoms with van der Waals surface area (Å²) < 4.78 is 50.1. The Labute approximate surface area is 554 Å². The number of rotatable bonds is 31. The highest BCUT2D eigenvalue weighted by molar-refractivity contribution is 6.11. The molecule has 1 heterocycles. The summed E-state index contributed by atoms with van der Waals surface area (Å²) in [6.45, 7) is 10.8. The number of aryl methyl sites for hydroxylation is 2. The molecule has 10 heteroatoms. The summed E-state index contributed by atoms with van der Waals surface area (Å²) in [5.74, 6) is 0. The number of fused-ring (bicyclic) bond motifs is 9. The van der Waals surface area contributed by atoms with Crippen LogP contribution in [0.15, 0.2) is 218 Å². The molecule has 94 heavy (non-hydrogen) atoms. The van der Waals surface area contributed by atoms with Crippen molar-refractivity contribution in [3.05, 3.63) is 252 Å². The third kappa shape index (κ3) is 12.8. The molecule has 0 saturated heterocycles. The fourth-order valence-corrected chi connectivity index (χ4v) is 14.9. The molecule has 11 aromatic rings. The minimum Gasteiger partial charge on any atom is -0.382 e. The standard InChI is InChI=1S/C84H86N2O8/c1-59-24-30-70-72-33-28-67(57-79(72)83(77(70)52-59,36-40-91-48-44-87-3)37-41-92-49-45-88-4)85(68-29-34-73-71-31-25-60(2)53-78(71)84(80(73)58-68,38-42-93-50-46-89-5)39-43-94-51-47-90-6)66-27-32-69(75(56-66)62-18-11-8-12-19-62)64-26-35-82-76(55-64)74-22-13-14-23-81(74)86(82)65-21-15-20-63(54-65)61-16-9-7-10-17-61/h7-35,52-58H,36-51H2,1-6H3. The van der Waals surface area contributed by atoms with Crippen LogP contribution in [0.5, 0.6) is 0 Å². The van der Waals surface area contributed by atoms with Crippen molar-refractivity contribution in [3.63, 3.8) is 0 Å². The van der Waals surface area contributed by atoms with Gasteiger partial charge in [-0.05, 0) is 184 Å². The molecule has 0 aliphatic heterocycles. The topological polar surface area (TPSA) is 82.0 Å². The first-order valence-corrected chi connectivity index (χ1v) is 33.3. The van der Waals surface area contributed by atoms with Crippen molar-refractivity contribution in [1.82, 2.24) is 4.57 Å². The van der Waals surface area contributed by atoms with Crippen LogP contribution in [0, 0.1) is 13.8 Å². The molecule has 0 unspecified atom stereocenters. The first-order chi connectivity index (χ1) is 46.3. The predicted molar refractivity (Wildman–Crippen MR) is 383 cm³/mol. The van der Waals surface area contributed by atoms with E-state index < -0.39 is 10.8 Å². The third-order valence-corrected chi connectivity index (χ3v) is 19.5. The Balaban J connectivity index is 1.01. The van der Waals surface area contributed by atoms with Gasteiger partial charge in [-0.3, -0.25) is 0 Å². The molecule has 0 N–H and O–H groups in total. The molecule has 480 valence electrons. The van der Waals surface area contributed by atoms with Crippen LogP contribution < -0.4 is 4.90 Å². The zero-order valence-corrected chi connectivity index (χ0v) is 55.3. The Morgan fingerprint density at radius 1 is 0.298 bits per heavy atom. The van der Waals surface area contributed by atoms with Gasteiger partial charge in [0, 0.05) is 99.2 Å². The van der Waals surface area contributed by atoms with Crippen molar-refractivity contribution in [2.24, 2.45) is 0 Å². The normalized spacial score (nSPS) is 13.3. The van der Waals surface area contributed by atoms with Gasteiger partial charge in [-0.25, -0.2) is 0 Å². The minimum absolute atomic E-state index is 0.442. The number of benzene rings is 10.